The van der Waals surface area contributed by atoms with E-state index in [4.69, 9.17) is 16.3 Å². The van der Waals surface area contributed by atoms with Gasteiger partial charge in [0.2, 0.25) is 5.91 Å². The number of thioether (sulfide) groups is 1. The van der Waals surface area contributed by atoms with Gasteiger partial charge in [0.25, 0.3) is 0 Å². The first-order valence-electron chi connectivity index (χ1n) is 7.44. The second-order valence-corrected chi connectivity index (χ2v) is 6.71. The van der Waals surface area contributed by atoms with Gasteiger partial charge in [0.1, 0.15) is 11.6 Å². The Bertz CT molecular complexity index is 694. The molecule has 2 rings (SSSR count). The normalized spacial score (nSPS) is 11.8. The molecular formula is C18H19ClFNO2S. The highest BCUT2D eigenvalue weighted by molar-refractivity contribution is 7.99. The summed E-state index contributed by atoms with van der Waals surface area (Å²) in [5, 5.41) is 3.60. The Balaban J connectivity index is 1.83. The minimum absolute atomic E-state index is 0.0715. The molecule has 0 aliphatic carbocycles. The highest BCUT2D eigenvalue weighted by Crippen LogP contribution is 2.24. The number of hydrogen-bond donors (Lipinski definition) is 1. The van der Waals surface area contributed by atoms with Gasteiger partial charge in [-0.1, -0.05) is 23.7 Å². The molecule has 0 radical (unpaired) electrons. The molecule has 0 aliphatic rings. The van der Waals surface area contributed by atoms with Crippen molar-refractivity contribution >= 4 is 29.3 Å². The predicted molar refractivity (Wildman–Crippen MR) is 97.1 cm³/mol. The second kappa shape index (κ2) is 8.94. The molecule has 0 aromatic heterocycles. The zero-order chi connectivity index (χ0) is 17.5. The van der Waals surface area contributed by atoms with Gasteiger partial charge < -0.3 is 10.1 Å². The van der Waals surface area contributed by atoms with E-state index in [1.807, 2.05) is 19.1 Å². The van der Waals surface area contributed by atoms with Gasteiger partial charge in [-0.2, -0.15) is 0 Å². The molecule has 0 fully saturated rings. The van der Waals surface area contributed by atoms with Gasteiger partial charge in [-0.3, -0.25) is 4.79 Å². The van der Waals surface area contributed by atoms with Crippen molar-refractivity contribution in [1.82, 2.24) is 5.32 Å². The number of carbonyl (C=O) groups excluding carboxylic acids is 1. The number of methoxy groups -OCH3 is 1. The average molecular weight is 368 g/mol. The van der Waals surface area contributed by atoms with Crippen molar-refractivity contribution in [3.63, 3.8) is 0 Å². The summed E-state index contributed by atoms with van der Waals surface area (Å²) >= 11 is 7.27. The van der Waals surface area contributed by atoms with E-state index in [1.165, 1.54) is 23.9 Å². The number of amides is 1. The molecule has 2 aromatic carbocycles. The number of halogens is 2. The van der Waals surface area contributed by atoms with Crippen molar-refractivity contribution in [2.45, 2.75) is 18.7 Å². The van der Waals surface area contributed by atoms with E-state index in [9.17, 15) is 9.18 Å². The van der Waals surface area contributed by atoms with Crippen LogP contribution in [0.1, 0.15) is 24.1 Å². The lowest BCUT2D eigenvalue weighted by atomic mass is 10.1. The summed E-state index contributed by atoms with van der Waals surface area (Å²) in [5.41, 5.74) is 1.73. The summed E-state index contributed by atoms with van der Waals surface area (Å²) in [6.07, 6.45) is 0. The van der Waals surface area contributed by atoms with E-state index in [-0.39, 0.29) is 23.5 Å². The number of carbonyl (C=O) groups is 1. The summed E-state index contributed by atoms with van der Waals surface area (Å²) in [6.45, 7) is 1.92. The number of hydrogen-bond acceptors (Lipinski definition) is 3. The third kappa shape index (κ3) is 5.42. The molecule has 0 unspecified atom stereocenters. The lowest BCUT2D eigenvalue weighted by molar-refractivity contribution is -0.119. The zero-order valence-electron chi connectivity index (χ0n) is 13.5. The fourth-order valence-electron chi connectivity index (χ4n) is 2.23. The minimum Gasteiger partial charge on any atom is -0.496 e. The molecule has 128 valence electrons. The van der Waals surface area contributed by atoms with E-state index < -0.39 is 0 Å². The standard InChI is InChI=1S/C18H19ClFNO2S/c1-12(13-3-5-15(19)6-4-13)21-18(22)11-24-10-14-9-16(20)7-8-17(14)23-2/h3-9,12H,10-11H2,1-2H3,(H,21,22)/t12-/m0/s1. The summed E-state index contributed by atoms with van der Waals surface area (Å²) in [4.78, 5) is 12.0. The van der Waals surface area contributed by atoms with Crippen molar-refractivity contribution in [3.8, 4) is 5.75 Å². The molecule has 0 bridgehead atoms. The summed E-state index contributed by atoms with van der Waals surface area (Å²) < 4.78 is 18.5. The molecule has 1 amide bonds. The maximum Gasteiger partial charge on any atom is 0.230 e. The largest absolute Gasteiger partial charge is 0.496 e. The molecule has 2 aromatic rings. The Labute approximate surface area is 150 Å². The molecule has 0 saturated carbocycles. The topological polar surface area (TPSA) is 38.3 Å². The Kier molecular flexibility index (Phi) is 6.94. The Morgan fingerprint density at radius 2 is 2.00 bits per heavy atom. The van der Waals surface area contributed by atoms with Gasteiger partial charge in [0.05, 0.1) is 18.9 Å². The summed E-state index contributed by atoms with van der Waals surface area (Å²) in [7, 11) is 1.54. The summed E-state index contributed by atoms with van der Waals surface area (Å²) in [5.74, 6) is 1.03. The maximum absolute atomic E-state index is 13.3. The molecule has 3 nitrogen and oxygen atoms in total. The van der Waals surface area contributed by atoms with Crippen LogP contribution in [0, 0.1) is 5.82 Å². The molecule has 0 saturated heterocycles. The van der Waals surface area contributed by atoms with E-state index >= 15 is 0 Å². The van der Waals surface area contributed by atoms with Crippen molar-refractivity contribution < 1.29 is 13.9 Å². The molecule has 6 heteroatoms. The quantitative estimate of drug-likeness (QED) is 0.777. The van der Waals surface area contributed by atoms with Crippen LogP contribution in [0.2, 0.25) is 5.02 Å². The molecule has 1 N–H and O–H groups in total. The van der Waals surface area contributed by atoms with Gasteiger partial charge >= 0.3 is 0 Å². The van der Waals surface area contributed by atoms with Crippen molar-refractivity contribution in [2.75, 3.05) is 12.9 Å². The van der Waals surface area contributed by atoms with Crippen LogP contribution in [0.5, 0.6) is 5.75 Å². The SMILES string of the molecule is COc1ccc(F)cc1CSCC(=O)N[C@@H](C)c1ccc(Cl)cc1. The highest BCUT2D eigenvalue weighted by Gasteiger charge is 2.11. The fraction of sp³-hybridized carbons (Fsp3) is 0.278. The first-order valence-corrected chi connectivity index (χ1v) is 8.98. The van der Waals surface area contributed by atoms with Gasteiger partial charge in [-0.05, 0) is 42.8 Å². The third-order valence-electron chi connectivity index (χ3n) is 3.48. The van der Waals surface area contributed by atoms with Crippen LogP contribution in [0.4, 0.5) is 4.39 Å². The third-order valence-corrected chi connectivity index (χ3v) is 4.71. The van der Waals surface area contributed by atoms with Crippen LogP contribution in [-0.2, 0) is 10.5 Å². The van der Waals surface area contributed by atoms with E-state index in [0.29, 0.717) is 16.5 Å². The molecule has 0 heterocycles. The van der Waals surface area contributed by atoms with Crippen LogP contribution < -0.4 is 10.1 Å². The molecule has 1 atom stereocenters. The molecular weight excluding hydrogens is 349 g/mol. The van der Waals surface area contributed by atoms with Crippen molar-refractivity contribution in [2.24, 2.45) is 0 Å². The molecule has 24 heavy (non-hydrogen) atoms. The van der Waals surface area contributed by atoms with Gasteiger partial charge in [0.15, 0.2) is 0 Å². The lowest BCUT2D eigenvalue weighted by Crippen LogP contribution is -2.28. The van der Waals surface area contributed by atoms with Gasteiger partial charge in [0, 0.05) is 16.3 Å². The van der Waals surface area contributed by atoms with E-state index in [2.05, 4.69) is 5.32 Å². The molecule has 0 aliphatic heterocycles. The van der Waals surface area contributed by atoms with Gasteiger partial charge in [-0.15, -0.1) is 11.8 Å². The highest BCUT2D eigenvalue weighted by atomic mass is 35.5. The predicted octanol–water partition coefficient (Wildman–Crippen LogP) is 4.60. The van der Waals surface area contributed by atoms with E-state index in [1.54, 1.807) is 25.3 Å². The number of rotatable bonds is 7. The summed E-state index contributed by atoms with van der Waals surface area (Å²) in [6, 6.07) is 11.6. The van der Waals surface area contributed by atoms with E-state index in [0.717, 1.165) is 11.1 Å². The van der Waals surface area contributed by atoms with Crippen LogP contribution in [0.25, 0.3) is 0 Å². The average Bonchev–Trinajstić information content (AvgIpc) is 2.55. The zero-order valence-corrected chi connectivity index (χ0v) is 15.1. The lowest BCUT2D eigenvalue weighted by Gasteiger charge is -2.14. The second-order valence-electron chi connectivity index (χ2n) is 5.29. The minimum atomic E-state index is -0.313. The number of nitrogens with one attached hydrogen (secondary N) is 1. The maximum atomic E-state index is 13.3. The smallest absolute Gasteiger partial charge is 0.230 e. The van der Waals surface area contributed by atoms with Crippen LogP contribution >= 0.6 is 23.4 Å². The Hall–Kier alpha value is -1.72. The molecule has 0 spiro atoms. The van der Waals surface area contributed by atoms with Crippen molar-refractivity contribution in [3.05, 3.63) is 64.4 Å². The first kappa shape index (κ1) is 18.6. The number of benzene rings is 2. The van der Waals surface area contributed by atoms with Crippen LogP contribution in [0.15, 0.2) is 42.5 Å². The Morgan fingerprint density at radius 1 is 1.29 bits per heavy atom. The monoisotopic (exact) mass is 367 g/mol. The fourth-order valence-corrected chi connectivity index (χ4v) is 3.17. The first-order chi connectivity index (χ1) is 11.5. The van der Waals surface area contributed by atoms with Crippen molar-refractivity contribution in [1.29, 1.82) is 0 Å². The van der Waals surface area contributed by atoms with Crippen LogP contribution in [-0.4, -0.2) is 18.8 Å². The van der Waals surface area contributed by atoms with Gasteiger partial charge in [-0.25, -0.2) is 4.39 Å². The van der Waals surface area contributed by atoms with Crippen LogP contribution in [0.3, 0.4) is 0 Å². The number of ether oxygens (including phenoxy) is 1. The Morgan fingerprint density at radius 3 is 2.67 bits per heavy atom.